The van der Waals surface area contributed by atoms with Crippen LogP contribution in [-0.4, -0.2) is 25.2 Å². The van der Waals surface area contributed by atoms with Crippen molar-refractivity contribution in [3.05, 3.63) is 58.7 Å². The van der Waals surface area contributed by atoms with Crippen LogP contribution in [-0.2, 0) is 4.79 Å². The van der Waals surface area contributed by atoms with Gasteiger partial charge in [-0.1, -0.05) is 23.8 Å². The highest BCUT2D eigenvalue weighted by molar-refractivity contribution is 5.80. The molecule has 0 aliphatic carbocycles. The fourth-order valence-electron chi connectivity index (χ4n) is 2.47. The van der Waals surface area contributed by atoms with E-state index >= 15 is 0 Å². The predicted molar refractivity (Wildman–Crippen MR) is 100 cm³/mol. The van der Waals surface area contributed by atoms with Crippen molar-refractivity contribution in [1.82, 2.24) is 5.32 Å². The van der Waals surface area contributed by atoms with Gasteiger partial charge in [0.25, 0.3) is 5.91 Å². The average molecular weight is 341 g/mol. The smallest absolute Gasteiger partial charge is 0.260 e. The first-order valence-electron chi connectivity index (χ1n) is 8.58. The number of hydrogen-bond donors (Lipinski definition) is 1. The van der Waals surface area contributed by atoms with Crippen LogP contribution in [0.15, 0.2) is 36.4 Å². The Labute approximate surface area is 150 Å². The second-order valence-electron chi connectivity index (χ2n) is 6.41. The van der Waals surface area contributed by atoms with Gasteiger partial charge < -0.3 is 14.8 Å². The van der Waals surface area contributed by atoms with E-state index in [1.165, 1.54) is 16.7 Å². The lowest BCUT2D eigenvalue weighted by atomic mass is 10.1. The number of aryl methyl sites for hydroxylation is 4. The number of nitrogens with one attached hydrogen (secondary N) is 1. The van der Waals surface area contributed by atoms with Crippen molar-refractivity contribution in [1.29, 1.82) is 0 Å². The first-order valence-corrected chi connectivity index (χ1v) is 8.58. The molecule has 0 bridgehead atoms. The van der Waals surface area contributed by atoms with Gasteiger partial charge in [-0.25, -0.2) is 0 Å². The maximum atomic E-state index is 12.1. The number of hydrogen-bond acceptors (Lipinski definition) is 3. The molecule has 0 aromatic heterocycles. The van der Waals surface area contributed by atoms with E-state index in [9.17, 15) is 4.79 Å². The minimum absolute atomic E-state index is 0.149. The quantitative estimate of drug-likeness (QED) is 0.778. The van der Waals surface area contributed by atoms with E-state index in [0.717, 1.165) is 17.1 Å². The van der Waals surface area contributed by atoms with Gasteiger partial charge in [0, 0.05) is 0 Å². The summed E-state index contributed by atoms with van der Waals surface area (Å²) in [5.41, 5.74) is 4.62. The molecular weight excluding hydrogens is 314 g/mol. The van der Waals surface area contributed by atoms with Gasteiger partial charge >= 0.3 is 0 Å². The highest BCUT2D eigenvalue weighted by atomic mass is 16.5. The molecule has 2 aromatic rings. The summed E-state index contributed by atoms with van der Waals surface area (Å²) in [6.07, 6.45) is -0.553. The molecule has 2 aromatic carbocycles. The SMILES string of the molecule is Cc1ccc(OC(C)C(=O)NCCOc2ccc(C)c(C)c2)c(C)c1. The molecule has 1 amide bonds. The molecule has 4 nitrogen and oxygen atoms in total. The minimum Gasteiger partial charge on any atom is -0.492 e. The van der Waals surface area contributed by atoms with Crippen LogP contribution in [0.25, 0.3) is 0 Å². The number of benzene rings is 2. The number of ether oxygens (including phenoxy) is 2. The molecule has 0 heterocycles. The van der Waals surface area contributed by atoms with Crippen LogP contribution in [0, 0.1) is 27.7 Å². The number of rotatable bonds is 7. The van der Waals surface area contributed by atoms with Crippen molar-refractivity contribution >= 4 is 5.91 Å². The summed E-state index contributed by atoms with van der Waals surface area (Å²) < 4.78 is 11.4. The maximum Gasteiger partial charge on any atom is 0.260 e. The monoisotopic (exact) mass is 341 g/mol. The Kier molecular flexibility index (Phi) is 6.45. The number of carbonyl (C=O) groups is 1. The van der Waals surface area contributed by atoms with Crippen LogP contribution in [0.2, 0.25) is 0 Å². The van der Waals surface area contributed by atoms with E-state index < -0.39 is 6.10 Å². The van der Waals surface area contributed by atoms with Gasteiger partial charge in [0.15, 0.2) is 6.10 Å². The van der Waals surface area contributed by atoms with E-state index in [0.29, 0.717) is 13.2 Å². The lowest BCUT2D eigenvalue weighted by Gasteiger charge is -2.16. The molecule has 0 aliphatic heterocycles. The third-order valence-corrected chi connectivity index (χ3v) is 4.15. The second kappa shape index (κ2) is 8.56. The molecule has 0 saturated carbocycles. The summed E-state index contributed by atoms with van der Waals surface area (Å²) >= 11 is 0. The summed E-state index contributed by atoms with van der Waals surface area (Å²) in [7, 11) is 0. The Bertz CT molecular complexity index is 740. The Balaban J connectivity index is 1.76. The van der Waals surface area contributed by atoms with E-state index in [1.807, 2.05) is 50.2 Å². The Morgan fingerprint density at radius 3 is 2.44 bits per heavy atom. The summed E-state index contributed by atoms with van der Waals surface area (Å²) in [5, 5.41) is 2.84. The third kappa shape index (κ3) is 5.52. The number of carbonyl (C=O) groups excluding carboxylic acids is 1. The van der Waals surface area contributed by atoms with E-state index in [1.54, 1.807) is 6.92 Å². The number of amides is 1. The normalized spacial score (nSPS) is 11.7. The van der Waals surface area contributed by atoms with Crippen LogP contribution in [0.5, 0.6) is 11.5 Å². The molecule has 0 fully saturated rings. The predicted octanol–water partition coefficient (Wildman–Crippen LogP) is 3.88. The minimum atomic E-state index is -0.553. The zero-order valence-electron chi connectivity index (χ0n) is 15.7. The van der Waals surface area contributed by atoms with Crippen molar-refractivity contribution < 1.29 is 14.3 Å². The van der Waals surface area contributed by atoms with Gasteiger partial charge in [0.05, 0.1) is 6.54 Å². The highest BCUT2D eigenvalue weighted by Gasteiger charge is 2.15. The second-order valence-corrected chi connectivity index (χ2v) is 6.41. The molecule has 1 N–H and O–H groups in total. The third-order valence-electron chi connectivity index (χ3n) is 4.15. The molecule has 1 atom stereocenters. The zero-order chi connectivity index (χ0) is 18.4. The fourth-order valence-corrected chi connectivity index (χ4v) is 2.47. The summed E-state index contributed by atoms with van der Waals surface area (Å²) in [6, 6.07) is 11.9. The van der Waals surface area contributed by atoms with Crippen molar-refractivity contribution in [2.24, 2.45) is 0 Å². The first-order chi connectivity index (χ1) is 11.9. The fraction of sp³-hybridized carbons (Fsp3) is 0.381. The molecule has 1 unspecified atom stereocenters. The molecule has 2 rings (SSSR count). The standard InChI is InChI=1S/C21H27NO3/c1-14-6-9-20(17(4)12-14)25-18(5)21(23)22-10-11-24-19-8-7-15(2)16(3)13-19/h6-9,12-13,18H,10-11H2,1-5H3,(H,22,23). The van der Waals surface area contributed by atoms with Crippen molar-refractivity contribution in [3.8, 4) is 11.5 Å². The van der Waals surface area contributed by atoms with Gasteiger partial charge in [0.1, 0.15) is 18.1 Å². The molecule has 0 aliphatic rings. The average Bonchev–Trinajstić information content (AvgIpc) is 2.57. The molecule has 25 heavy (non-hydrogen) atoms. The van der Waals surface area contributed by atoms with E-state index in [4.69, 9.17) is 9.47 Å². The molecule has 0 saturated heterocycles. The summed E-state index contributed by atoms with van der Waals surface area (Å²) in [6.45, 7) is 10.7. The Morgan fingerprint density at radius 2 is 1.76 bits per heavy atom. The molecule has 0 spiro atoms. The zero-order valence-corrected chi connectivity index (χ0v) is 15.7. The highest BCUT2D eigenvalue weighted by Crippen LogP contribution is 2.20. The van der Waals surface area contributed by atoms with Crippen LogP contribution in [0.3, 0.4) is 0 Å². The largest absolute Gasteiger partial charge is 0.492 e. The van der Waals surface area contributed by atoms with Crippen LogP contribution < -0.4 is 14.8 Å². The summed E-state index contributed by atoms with van der Waals surface area (Å²) in [5.74, 6) is 1.40. The van der Waals surface area contributed by atoms with Crippen molar-refractivity contribution in [2.75, 3.05) is 13.2 Å². The molecular formula is C21H27NO3. The topological polar surface area (TPSA) is 47.6 Å². The van der Waals surface area contributed by atoms with E-state index in [-0.39, 0.29) is 5.91 Å². The molecule has 134 valence electrons. The van der Waals surface area contributed by atoms with Gasteiger partial charge in [-0.3, -0.25) is 4.79 Å². The maximum absolute atomic E-state index is 12.1. The van der Waals surface area contributed by atoms with Gasteiger partial charge in [0.2, 0.25) is 0 Å². The van der Waals surface area contributed by atoms with Crippen molar-refractivity contribution in [2.45, 2.75) is 40.7 Å². The first kappa shape index (κ1) is 18.8. The van der Waals surface area contributed by atoms with Crippen LogP contribution in [0.4, 0.5) is 0 Å². The lowest BCUT2D eigenvalue weighted by molar-refractivity contribution is -0.127. The van der Waals surface area contributed by atoms with Gasteiger partial charge in [-0.2, -0.15) is 0 Å². The Morgan fingerprint density at radius 1 is 1.00 bits per heavy atom. The van der Waals surface area contributed by atoms with E-state index in [2.05, 4.69) is 19.2 Å². The Hall–Kier alpha value is -2.49. The molecule has 4 heteroatoms. The molecule has 0 radical (unpaired) electrons. The van der Waals surface area contributed by atoms with Gasteiger partial charge in [-0.15, -0.1) is 0 Å². The van der Waals surface area contributed by atoms with Crippen LogP contribution >= 0.6 is 0 Å². The summed E-state index contributed by atoms with van der Waals surface area (Å²) in [4.78, 5) is 12.1. The lowest BCUT2D eigenvalue weighted by Crippen LogP contribution is -2.38. The van der Waals surface area contributed by atoms with Crippen molar-refractivity contribution in [3.63, 3.8) is 0 Å². The van der Waals surface area contributed by atoms with Gasteiger partial charge in [-0.05, 0) is 69.5 Å². The van der Waals surface area contributed by atoms with Crippen LogP contribution in [0.1, 0.15) is 29.2 Å².